The molecule has 0 aromatic heterocycles. The first-order valence-electron chi connectivity index (χ1n) is 18.6. The van der Waals surface area contributed by atoms with Crippen LogP contribution in [0.1, 0.15) is 102 Å². The highest BCUT2D eigenvalue weighted by molar-refractivity contribution is 6.01. The SMILES string of the molecule is CCCCCOC(=O)c1ccc(OC(=O)OCC(=O)C2(OC(=O)CCCC)C(O)CC3C4CCC5=CC(=O)C=CC5(C)C4(F)C(O)CC32C)c(OC)c1. The number of alkyl halides is 1. The number of ketones is 2. The molecule has 1 aromatic carbocycles. The summed E-state index contributed by atoms with van der Waals surface area (Å²) in [6.07, 6.45) is 3.30. The molecule has 13 heteroatoms. The van der Waals surface area contributed by atoms with Gasteiger partial charge >= 0.3 is 18.1 Å². The van der Waals surface area contributed by atoms with Gasteiger partial charge in [0.1, 0.15) is 6.10 Å². The predicted molar refractivity (Wildman–Crippen MR) is 188 cm³/mol. The van der Waals surface area contributed by atoms with E-state index in [0.717, 1.165) is 19.3 Å². The lowest BCUT2D eigenvalue weighted by molar-refractivity contribution is -0.231. The highest BCUT2D eigenvalue weighted by Crippen LogP contribution is 2.70. The van der Waals surface area contributed by atoms with Crippen LogP contribution in [-0.4, -0.2) is 83.7 Å². The Morgan fingerprint density at radius 2 is 1.70 bits per heavy atom. The summed E-state index contributed by atoms with van der Waals surface area (Å²) in [6, 6.07) is 4.02. The zero-order chi connectivity index (χ0) is 38.8. The number of methoxy groups -OCH3 is 1. The highest BCUT2D eigenvalue weighted by atomic mass is 19.1. The Kier molecular flexibility index (Phi) is 11.9. The summed E-state index contributed by atoms with van der Waals surface area (Å²) in [5, 5.41) is 23.6. The van der Waals surface area contributed by atoms with Crippen LogP contribution in [0.15, 0.2) is 42.0 Å². The van der Waals surface area contributed by atoms with Gasteiger partial charge in [-0.1, -0.05) is 51.7 Å². The summed E-state index contributed by atoms with van der Waals surface area (Å²) < 4.78 is 44.8. The number of halogens is 1. The lowest BCUT2D eigenvalue weighted by atomic mass is 9.44. The molecule has 0 aliphatic heterocycles. The number of hydrogen-bond donors (Lipinski definition) is 2. The molecule has 12 nitrogen and oxygen atoms in total. The molecule has 0 amide bonds. The quantitative estimate of drug-likeness (QED) is 0.0996. The normalized spacial score (nSPS) is 32.8. The third-order valence-electron chi connectivity index (χ3n) is 12.1. The third kappa shape index (κ3) is 6.90. The summed E-state index contributed by atoms with van der Waals surface area (Å²) in [4.78, 5) is 65.3. The van der Waals surface area contributed by atoms with Gasteiger partial charge in [0.05, 0.1) is 25.4 Å². The molecule has 1 aromatic rings. The van der Waals surface area contributed by atoms with E-state index in [2.05, 4.69) is 0 Å². The highest BCUT2D eigenvalue weighted by Gasteiger charge is 2.78. The topological polar surface area (TPSA) is 172 Å². The molecule has 290 valence electrons. The minimum atomic E-state index is -2.29. The Morgan fingerprint density at radius 3 is 2.40 bits per heavy atom. The van der Waals surface area contributed by atoms with Crippen molar-refractivity contribution < 1.29 is 62.3 Å². The molecule has 5 rings (SSSR count). The van der Waals surface area contributed by atoms with Crippen LogP contribution in [0, 0.1) is 22.7 Å². The number of carbonyl (C=O) groups is 5. The number of fused-ring (bicyclic) bond motifs is 5. The second kappa shape index (κ2) is 15.7. The third-order valence-corrected chi connectivity index (χ3v) is 12.1. The number of unbranched alkanes of at least 4 members (excludes halogenated alkanes) is 3. The fourth-order valence-corrected chi connectivity index (χ4v) is 9.34. The van der Waals surface area contributed by atoms with Gasteiger partial charge in [-0.15, -0.1) is 0 Å². The standard InChI is InChI=1S/C40H51FO12/c1-6-8-10-18-50-35(47)24-12-15-29(30(19-24)49-5)52-36(48)51-23-33(45)40(53-34(46)11-9-7-2)31(43)21-28-27-14-13-25-20-26(42)16-17-37(25,3)39(27,41)32(44)22-38(28,40)4/h12,15-17,19-20,27-28,31-32,43-44H,6-11,13-14,18,21-23H2,1-5H3. The molecule has 2 N–H and O–H groups in total. The van der Waals surface area contributed by atoms with Crippen molar-refractivity contribution in [2.75, 3.05) is 20.3 Å². The van der Waals surface area contributed by atoms with E-state index in [1.54, 1.807) is 13.8 Å². The Morgan fingerprint density at radius 1 is 0.962 bits per heavy atom. The molecule has 8 unspecified atom stereocenters. The fraction of sp³-hybridized carbons (Fsp3) is 0.625. The Balaban J connectivity index is 1.38. The average Bonchev–Trinajstić information content (AvgIpc) is 3.34. The Hall–Kier alpha value is -4.10. The Bertz CT molecular complexity index is 1670. The van der Waals surface area contributed by atoms with E-state index in [-0.39, 0.29) is 55.1 Å². The number of ether oxygens (including phenoxy) is 5. The van der Waals surface area contributed by atoms with E-state index in [1.165, 1.54) is 43.5 Å². The van der Waals surface area contributed by atoms with E-state index in [0.29, 0.717) is 24.8 Å². The van der Waals surface area contributed by atoms with Crippen molar-refractivity contribution in [3.05, 3.63) is 47.6 Å². The molecule has 0 bridgehead atoms. The summed E-state index contributed by atoms with van der Waals surface area (Å²) in [7, 11) is 1.31. The summed E-state index contributed by atoms with van der Waals surface area (Å²) in [5.74, 6) is -4.29. The minimum Gasteiger partial charge on any atom is -0.493 e. The maximum absolute atomic E-state index is 17.7. The first-order valence-corrected chi connectivity index (χ1v) is 18.6. The maximum Gasteiger partial charge on any atom is 0.514 e. The smallest absolute Gasteiger partial charge is 0.493 e. The van der Waals surface area contributed by atoms with Crippen LogP contribution in [-0.2, 0) is 28.6 Å². The molecular weight excluding hydrogens is 691 g/mol. The predicted octanol–water partition coefficient (Wildman–Crippen LogP) is 5.94. The largest absolute Gasteiger partial charge is 0.514 e. The van der Waals surface area contributed by atoms with Gasteiger partial charge in [-0.2, -0.15) is 0 Å². The monoisotopic (exact) mass is 742 g/mol. The van der Waals surface area contributed by atoms with Crippen molar-refractivity contribution in [1.82, 2.24) is 0 Å². The number of rotatable bonds is 14. The van der Waals surface area contributed by atoms with Crippen molar-refractivity contribution in [1.29, 1.82) is 0 Å². The van der Waals surface area contributed by atoms with E-state index < -0.39 is 76.6 Å². The van der Waals surface area contributed by atoms with Crippen LogP contribution in [0.3, 0.4) is 0 Å². The number of carbonyl (C=O) groups excluding carboxylic acids is 5. The molecule has 4 aliphatic rings. The van der Waals surface area contributed by atoms with Crippen molar-refractivity contribution >= 4 is 29.7 Å². The second-order valence-corrected chi connectivity index (χ2v) is 15.1. The minimum absolute atomic E-state index is 0.0152. The van der Waals surface area contributed by atoms with Crippen LogP contribution in [0.2, 0.25) is 0 Å². The van der Waals surface area contributed by atoms with Gasteiger partial charge < -0.3 is 33.9 Å². The number of Topliss-reactive ketones (excluding diaryl/α,β-unsaturated/α-hetero) is 1. The molecule has 8 atom stereocenters. The number of esters is 2. The second-order valence-electron chi connectivity index (χ2n) is 15.1. The Labute approximate surface area is 309 Å². The molecular formula is C40H51FO12. The molecule has 0 radical (unpaired) electrons. The van der Waals surface area contributed by atoms with Crippen LogP contribution >= 0.6 is 0 Å². The van der Waals surface area contributed by atoms with E-state index in [4.69, 9.17) is 23.7 Å². The van der Waals surface area contributed by atoms with Gasteiger partial charge in [0.25, 0.3) is 0 Å². The van der Waals surface area contributed by atoms with Crippen LogP contribution in [0.5, 0.6) is 11.5 Å². The molecule has 0 saturated heterocycles. The van der Waals surface area contributed by atoms with Crippen molar-refractivity contribution in [3.8, 4) is 11.5 Å². The van der Waals surface area contributed by atoms with Crippen molar-refractivity contribution in [3.63, 3.8) is 0 Å². The first-order chi connectivity index (χ1) is 25.1. The molecule has 53 heavy (non-hydrogen) atoms. The number of aliphatic hydroxyl groups is 2. The summed E-state index contributed by atoms with van der Waals surface area (Å²) >= 11 is 0. The average molecular weight is 743 g/mol. The lowest BCUT2D eigenvalue weighted by Gasteiger charge is -2.62. The first kappa shape index (κ1) is 40.1. The number of allylic oxidation sites excluding steroid dienone is 4. The van der Waals surface area contributed by atoms with Crippen LogP contribution < -0.4 is 9.47 Å². The number of aliphatic hydroxyl groups excluding tert-OH is 2. The van der Waals surface area contributed by atoms with E-state index in [1.807, 2.05) is 13.8 Å². The van der Waals surface area contributed by atoms with Gasteiger partial charge in [-0.05, 0) is 81.7 Å². The summed E-state index contributed by atoms with van der Waals surface area (Å²) in [5.41, 5.74) is -6.61. The number of hydrogen-bond acceptors (Lipinski definition) is 12. The zero-order valence-electron chi connectivity index (χ0n) is 31.1. The molecule has 3 saturated carbocycles. The fourth-order valence-electron chi connectivity index (χ4n) is 9.34. The maximum atomic E-state index is 17.7. The lowest BCUT2D eigenvalue weighted by Crippen LogP contribution is -2.70. The van der Waals surface area contributed by atoms with Crippen LogP contribution in [0.25, 0.3) is 0 Å². The molecule has 0 spiro atoms. The van der Waals surface area contributed by atoms with E-state index in [9.17, 15) is 34.2 Å². The van der Waals surface area contributed by atoms with Gasteiger partial charge in [-0.25, -0.2) is 14.0 Å². The van der Waals surface area contributed by atoms with Gasteiger partial charge in [-0.3, -0.25) is 14.4 Å². The molecule has 3 fully saturated rings. The van der Waals surface area contributed by atoms with Gasteiger partial charge in [0.15, 0.2) is 29.6 Å². The van der Waals surface area contributed by atoms with Gasteiger partial charge in [0.2, 0.25) is 11.4 Å². The molecule has 0 heterocycles. The number of benzene rings is 1. The van der Waals surface area contributed by atoms with Crippen LogP contribution in [0.4, 0.5) is 9.18 Å². The zero-order valence-corrected chi connectivity index (χ0v) is 31.1. The summed E-state index contributed by atoms with van der Waals surface area (Å²) in [6.45, 7) is 6.43. The van der Waals surface area contributed by atoms with Gasteiger partial charge in [0, 0.05) is 23.2 Å². The van der Waals surface area contributed by atoms with Crippen molar-refractivity contribution in [2.24, 2.45) is 22.7 Å². The van der Waals surface area contributed by atoms with E-state index >= 15 is 4.39 Å². The van der Waals surface area contributed by atoms with Crippen molar-refractivity contribution in [2.45, 2.75) is 115 Å². The molecule has 4 aliphatic carbocycles.